The summed E-state index contributed by atoms with van der Waals surface area (Å²) in [7, 11) is 0. The number of aliphatic imine (C=N–C) groups is 1. The Morgan fingerprint density at radius 2 is 1.77 bits per heavy atom. The van der Waals surface area contributed by atoms with Gasteiger partial charge in [-0.15, -0.1) is 11.8 Å². The molecule has 0 aromatic heterocycles. The van der Waals surface area contributed by atoms with E-state index in [0.29, 0.717) is 0 Å². The zero-order valence-corrected chi connectivity index (χ0v) is 13.6. The van der Waals surface area contributed by atoms with Gasteiger partial charge in [0.2, 0.25) is 5.91 Å². The van der Waals surface area contributed by atoms with Crippen molar-refractivity contribution >= 4 is 34.6 Å². The molecule has 1 N–H and O–H groups in total. The van der Waals surface area contributed by atoms with Crippen molar-refractivity contribution < 1.29 is 4.79 Å². The zero-order valence-electron chi connectivity index (χ0n) is 11.9. The van der Waals surface area contributed by atoms with Crippen LogP contribution in [0.25, 0.3) is 0 Å². The number of rotatable bonds is 4. The van der Waals surface area contributed by atoms with Gasteiger partial charge in [-0.25, -0.2) is 0 Å². The van der Waals surface area contributed by atoms with E-state index in [4.69, 9.17) is 0 Å². The third-order valence-corrected chi connectivity index (χ3v) is 5.31. The molecule has 112 valence electrons. The van der Waals surface area contributed by atoms with Crippen molar-refractivity contribution in [1.29, 1.82) is 0 Å². The van der Waals surface area contributed by atoms with Gasteiger partial charge in [-0.1, -0.05) is 60.3 Å². The number of carbonyl (C=O) groups is 1. The fourth-order valence-electron chi connectivity index (χ4n) is 2.12. The molecule has 22 heavy (non-hydrogen) atoms. The summed E-state index contributed by atoms with van der Waals surface area (Å²) in [6.07, 6.45) is 0. The molecule has 0 saturated heterocycles. The lowest BCUT2D eigenvalue weighted by Gasteiger charge is -2.16. The molecule has 0 bridgehead atoms. The highest BCUT2D eigenvalue weighted by Crippen LogP contribution is 2.35. The quantitative estimate of drug-likeness (QED) is 0.869. The van der Waals surface area contributed by atoms with Gasteiger partial charge in [0.15, 0.2) is 5.17 Å². The number of amidine groups is 1. The summed E-state index contributed by atoms with van der Waals surface area (Å²) >= 11 is 3.16. The van der Waals surface area contributed by atoms with Gasteiger partial charge in [-0.2, -0.15) is 0 Å². The third-order valence-electron chi connectivity index (χ3n) is 3.15. The standard InChI is InChI=1S/C17H16N2OS2/c20-16(19-17-18-11-12-21-17)15(13-7-3-1-4-8-13)22-14-9-5-2-6-10-14/h1-10,15H,11-12H2,(H,18,19,20)/t15-/m0/s1. The number of nitrogens with zero attached hydrogens (tertiary/aromatic N) is 1. The zero-order chi connectivity index (χ0) is 15.2. The molecule has 0 fully saturated rings. The van der Waals surface area contributed by atoms with Crippen LogP contribution in [0.1, 0.15) is 10.8 Å². The maximum Gasteiger partial charge on any atom is 0.243 e. The molecule has 0 radical (unpaired) electrons. The molecule has 1 atom stereocenters. The number of amides is 1. The largest absolute Gasteiger partial charge is 0.304 e. The highest BCUT2D eigenvalue weighted by atomic mass is 32.2. The molecular formula is C17H16N2OS2. The first kappa shape index (κ1) is 15.2. The summed E-state index contributed by atoms with van der Waals surface area (Å²) in [5, 5.41) is 3.40. The lowest BCUT2D eigenvalue weighted by atomic mass is 10.1. The van der Waals surface area contributed by atoms with E-state index in [1.807, 2.05) is 60.7 Å². The van der Waals surface area contributed by atoms with E-state index in [1.54, 1.807) is 23.5 Å². The molecule has 2 aromatic carbocycles. The molecule has 1 amide bonds. The van der Waals surface area contributed by atoms with Crippen LogP contribution in [0.15, 0.2) is 70.6 Å². The fourth-order valence-corrected chi connectivity index (χ4v) is 3.89. The predicted molar refractivity (Wildman–Crippen MR) is 94.4 cm³/mol. The molecule has 3 nitrogen and oxygen atoms in total. The maximum absolute atomic E-state index is 12.7. The Bertz CT molecular complexity index is 659. The highest BCUT2D eigenvalue weighted by Gasteiger charge is 2.23. The molecule has 0 saturated carbocycles. The number of thioether (sulfide) groups is 2. The van der Waals surface area contributed by atoms with Crippen molar-refractivity contribution in [3.05, 3.63) is 66.2 Å². The first-order valence-corrected chi connectivity index (χ1v) is 8.94. The minimum atomic E-state index is -0.285. The first-order chi connectivity index (χ1) is 10.8. The Hall–Kier alpha value is -1.72. The smallest absolute Gasteiger partial charge is 0.243 e. The van der Waals surface area contributed by atoms with E-state index >= 15 is 0 Å². The van der Waals surface area contributed by atoms with E-state index < -0.39 is 0 Å². The van der Waals surface area contributed by atoms with E-state index in [9.17, 15) is 4.79 Å². The number of carbonyl (C=O) groups excluding carboxylic acids is 1. The van der Waals surface area contributed by atoms with Crippen LogP contribution in [0.4, 0.5) is 0 Å². The van der Waals surface area contributed by atoms with Crippen molar-refractivity contribution in [2.45, 2.75) is 10.1 Å². The van der Waals surface area contributed by atoms with Gasteiger partial charge >= 0.3 is 0 Å². The fraction of sp³-hybridized carbons (Fsp3) is 0.176. The molecule has 2 aromatic rings. The topological polar surface area (TPSA) is 41.5 Å². The van der Waals surface area contributed by atoms with E-state index in [2.05, 4.69) is 10.3 Å². The van der Waals surface area contributed by atoms with Crippen LogP contribution in [-0.4, -0.2) is 23.4 Å². The Labute approximate surface area is 138 Å². The Kier molecular flexibility index (Phi) is 5.19. The number of benzene rings is 2. The van der Waals surface area contributed by atoms with Crippen LogP contribution in [0.3, 0.4) is 0 Å². The minimum absolute atomic E-state index is 0.0202. The minimum Gasteiger partial charge on any atom is -0.304 e. The van der Waals surface area contributed by atoms with E-state index in [1.165, 1.54) is 0 Å². The van der Waals surface area contributed by atoms with Crippen molar-refractivity contribution in [3.8, 4) is 0 Å². The van der Waals surface area contributed by atoms with Crippen LogP contribution in [0.5, 0.6) is 0 Å². The second-order valence-corrected chi connectivity index (χ2v) is 7.01. The maximum atomic E-state index is 12.7. The summed E-state index contributed by atoms with van der Waals surface area (Å²) in [6.45, 7) is 0.780. The van der Waals surface area contributed by atoms with Gasteiger partial charge in [-0.3, -0.25) is 9.79 Å². The normalized spacial score (nSPS) is 15.2. The molecule has 0 unspecified atom stereocenters. The van der Waals surface area contributed by atoms with Crippen LogP contribution < -0.4 is 5.32 Å². The van der Waals surface area contributed by atoms with Crippen LogP contribution in [0, 0.1) is 0 Å². The Balaban J connectivity index is 1.81. The SMILES string of the molecule is O=C(NC1=NCCS1)[C@@H](Sc1ccccc1)c1ccccc1. The van der Waals surface area contributed by atoms with Gasteiger partial charge in [0.1, 0.15) is 5.25 Å². The van der Waals surface area contributed by atoms with Gasteiger partial charge in [0.05, 0.1) is 6.54 Å². The summed E-state index contributed by atoms with van der Waals surface area (Å²) in [5.74, 6) is 0.922. The van der Waals surface area contributed by atoms with E-state index in [0.717, 1.165) is 27.9 Å². The van der Waals surface area contributed by atoms with Crippen LogP contribution in [0.2, 0.25) is 0 Å². The number of nitrogens with one attached hydrogen (secondary N) is 1. The van der Waals surface area contributed by atoms with Gasteiger partial charge < -0.3 is 5.32 Å². The molecule has 1 heterocycles. The predicted octanol–water partition coefficient (Wildman–Crippen LogP) is 3.74. The molecule has 0 spiro atoms. The van der Waals surface area contributed by atoms with Crippen LogP contribution >= 0.6 is 23.5 Å². The monoisotopic (exact) mass is 328 g/mol. The van der Waals surface area contributed by atoms with Crippen molar-refractivity contribution in [3.63, 3.8) is 0 Å². The first-order valence-electron chi connectivity index (χ1n) is 7.08. The molecular weight excluding hydrogens is 312 g/mol. The average molecular weight is 328 g/mol. The van der Waals surface area contributed by atoms with Gasteiger partial charge in [-0.05, 0) is 17.7 Å². The molecule has 5 heteroatoms. The molecule has 3 rings (SSSR count). The lowest BCUT2D eigenvalue weighted by Crippen LogP contribution is -2.31. The van der Waals surface area contributed by atoms with Crippen LogP contribution in [-0.2, 0) is 4.79 Å². The van der Waals surface area contributed by atoms with Gasteiger partial charge in [0, 0.05) is 10.6 Å². The number of hydrogen-bond acceptors (Lipinski definition) is 4. The van der Waals surface area contributed by atoms with Crippen molar-refractivity contribution in [1.82, 2.24) is 5.32 Å². The second-order valence-electron chi connectivity index (χ2n) is 4.75. The van der Waals surface area contributed by atoms with Gasteiger partial charge in [0.25, 0.3) is 0 Å². The summed E-state index contributed by atoms with van der Waals surface area (Å²) in [5.41, 5.74) is 0.998. The molecule has 1 aliphatic heterocycles. The Morgan fingerprint density at radius 1 is 1.09 bits per heavy atom. The summed E-state index contributed by atoms with van der Waals surface area (Å²) in [6, 6.07) is 19.9. The number of hydrogen-bond donors (Lipinski definition) is 1. The molecule has 1 aliphatic rings. The Morgan fingerprint density at radius 3 is 2.41 bits per heavy atom. The molecule has 0 aliphatic carbocycles. The third kappa shape index (κ3) is 3.93. The van der Waals surface area contributed by atoms with E-state index in [-0.39, 0.29) is 11.2 Å². The van der Waals surface area contributed by atoms with Crippen molar-refractivity contribution in [2.75, 3.05) is 12.3 Å². The highest BCUT2D eigenvalue weighted by molar-refractivity contribution is 8.14. The average Bonchev–Trinajstić information content (AvgIpc) is 3.07. The second kappa shape index (κ2) is 7.51. The van der Waals surface area contributed by atoms with Crippen molar-refractivity contribution in [2.24, 2.45) is 4.99 Å². The summed E-state index contributed by atoms with van der Waals surface area (Å²) < 4.78 is 0. The summed E-state index contributed by atoms with van der Waals surface area (Å²) in [4.78, 5) is 18.1. The lowest BCUT2D eigenvalue weighted by molar-refractivity contribution is -0.119.